The lowest BCUT2D eigenvalue weighted by molar-refractivity contribution is 0.552. The van der Waals surface area contributed by atoms with Gasteiger partial charge in [0.25, 0.3) is 0 Å². The van der Waals surface area contributed by atoms with E-state index in [4.69, 9.17) is 0 Å². The molecule has 0 aliphatic carbocycles. The maximum absolute atomic E-state index is 13.3. The molecule has 0 saturated heterocycles. The summed E-state index contributed by atoms with van der Waals surface area (Å²) in [4.78, 5) is 0. The van der Waals surface area contributed by atoms with Crippen LogP contribution in [0, 0.1) is 11.7 Å². The van der Waals surface area contributed by atoms with E-state index in [1.807, 2.05) is 23.1 Å². The first kappa shape index (κ1) is 15.2. The van der Waals surface area contributed by atoms with Crippen LogP contribution in [-0.4, -0.2) is 16.3 Å². The average Bonchev–Trinajstić information content (AvgIpc) is 2.74. The third kappa shape index (κ3) is 4.72. The lowest BCUT2D eigenvalue weighted by atomic mass is 10.2. The predicted octanol–water partition coefficient (Wildman–Crippen LogP) is 3.58. The van der Waals surface area contributed by atoms with Gasteiger partial charge in [-0.3, -0.25) is 4.68 Å². The molecule has 0 unspecified atom stereocenters. The second-order valence-electron chi connectivity index (χ2n) is 5.35. The Balaban J connectivity index is 1.95. The van der Waals surface area contributed by atoms with Gasteiger partial charge in [0.05, 0.1) is 12.7 Å². The summed E-state index contributed by atoms with van der Waals surface area (Å²) < 4.78 is 15.9. The van der Waals surface area contributed by atoms with Crippen LogP contribution < -0.4 is 5.32 Å². The van der Waals surface area contributed by atoms with E-state index in [9.17, 15) is 4.39 Å². The molecule has 0 saturated carbocycles. The number of hydrogen-bond acceptors (Lipinski definition) is 2. The first-order valence-corrected chi connectivity index (χ1v) is 7.49. The summed E-state index contributed by atoms with van der Waals surface area (Å²) in [7, 11) is 0. The average molecular weight is 340 g/mol. The highest BCUT2D eigenvalue weighted by atomic mass is 79.9. The van der Waals surface area contributed by atoms with Gasteiger partial charge in [0.15, 0.2) is 0 Å². The molecule has 20 heavy (non-hydrogen) atoms. The lowest BCUT2D eigenvalue weighted by Crippen LogP contribution is -2.18. The SMILES string of the molecule is CC(C)CNCc1cnn(Cc2cc(F)cc(Br)c2)c1. The van der Waals surface area contributed by atoms with E-state index in [0.717, 1.165) is 28.7 Å². The van der Waals surface area contributed by atoms with E-state index < -0.39 is 0 Å². The molecule has 0 amide bonds. The molecule has 1 aromatic carbocycles. The zero-order valence-electron chi connectivity index (χ0n) is 11.7. The summed E-state index contributed by atoms with van der Waals surface area (Å²) in [6, 6.07) is 4.89. The van der Waals surface area contributed by atoms with Crippen LogP contribution in [0.3, 0.4) is 0 Å². The molecule has 0 atom stereocenters. The van der Waals surface area contributed by atoms with E-state index in [0.29, 0.717) is 12.5 Å². The van der Waals surface area contributed by atoms with Crippen LogP contribution in [-0.2, 0) is 13.1 Å². The molecule has 2 aromatic rings. The van der Waals surface area contributed by atoms with Crippen LogP contribution in [0.4, 0.5) is 4.39 Å². The van der Waals surface area contributed by atoms with Crippen LogP contribution in [0.1, 0.15) is 25.0 Å². The molecule has 5 heteroatoms. The van der Waals surface area contributed by atoms with Crippen molar-refractivity contribution in [2.75, 3.05) is 6.54 Å². The molecule has 0 radical (unpaired) electrons. The van der Waals surface area contributed by atoms with Gasteiger partial charge in [0.2, 0.25) is 0 Å². The maximum Gasteiger partial charge on any atom is 0.124 e. The van der Waals surface area contributed by atoms with E-state index in [2.05, 4.69) is 40.2 Å². The number of hydrogen-bond donors (Lipinski definition) is 1. The Hall–Kier alpha value is -1.20. The maximum atomic E-state index is 13.3. The van der Waals surface area contributed by atoms with E-state index >= 15 is 0 Å². The second kappa shape index (κ2) is 6.99. The highest BCUT2D eigenvalue weighted by Crippen LogP contribution is 2.15. The summed E-state index contributed by atoms with van der Waals surface area (Å²) in [5, 5.41) is 7.68. The Morgan fingerprint density at radius 3 is 2.80 bits per heavy atom. The van der Waals surface area contributed by atoms with Crippen LogP contribution in [0.15, 0.2) is 35.1 Å². The van der Waals surface area contributed by atoms with Crippen LogP contribution in [0.25, 0.3) is 0 Å². The van der Waals surface area contributed by atoms with Crippen molar-refractivity contribution >= 4 is 15.9 Å². The van der Waals surface area contributed by atoms with Gasteiger partial charge in [-0.25, -0.2) is 4.39 Å². The van der Waals surface area contributed by atoms with Gasteiger partial charge in [0, 0.05) is 22.8 Å². The zero-order valence-corrected chi connectivity index (χ0v) is 13.3. The van der Waals surface area contributed by atoms with Gasteiger partial charge in [-0.05, 0) is 36.2 Å². The summed E-state index contributed by atoms with van der Waals surface area (Å²) in [5.41, 5.74) is 2.03. The van der Waals surface area contributed by atoms with Crippen molar-refractivity contribution in [3.8, 4) is 0 Å². The van der Waals surface area contributed by atoms with E-state index in [-0.39, 0.29) is 5.82 Å². The van der Waals surface area contributed by atoms with Gasteiger partial charge in [-0.2, -0.15) is 5.10 Å². The summed E-state index contributed by atoms with van der Waals surface area (Å²) >= 11 is 3.30. The van der Waals surface area contributed by atoms with E-state index in [1.54, 1.807) is 0 Å². The standard InChI is InChI=1S/C15H19BrFN3/c1-11(2)6-18-7-13-8-19-20(10-13)9-12-3-14(16)5-15(17)4-12/h3-5,8,10-11,18H,6-7,9H2,1-2H3. The molecule has 0 fully saturated rings. The fraction of sp³-hybridized carbons (Fsp3) is 0.400. The zero-order chi connectivity index (χ0) is 14.5. The fourth-order valence-electron chi connectivity index (χ4n) is 1.98. The number of aromatic nitrogens is 2. The van der Waals surface area contributed by atoms with Gasteiger partial charge in [-0.1, -0.05) is 29.8 Å². The van der Waals surface area contributed by atoms with Gasteiger partial charge >= 0.3 is 0 Å². The van der Waals surface area contributed by atoms with Gasteiger partial charge in [0.1, 0.15) is 5.82 Å². The molecule has 0 aliphatic rings. The Morgan fingerprint density at radius 2 is 2.10 bits per heavy atom. The molecule has 1 heterocycles. The summed E-state index contributed by atoms with van der Waals surface area (Å²) in [6.07, 6.45) is 3.84. The highest BCUT2D eigenvalue weighted by molar-refractivity contribution is 9.10. The molecular formula is C15H19BrFN3. The Kier molecular flexibility index (Phi) is 5.31. The van der Waals surface area contributed by atoms with Crippen molar-refractivity contribution < 1.29 is 4.39 Å². The highest BCUT2D eigenvalue weighted by Gasteiger charge is 2.03. The monoisotopic (exact) mass is 339 g/mol. The lowest BCUT2D eigenvalue weighted by Gasteiger charge is -2.05. The molecule has 108 valence electrons. The first-order chi connectivity index (χ1) is 9.52. The summed E-state index contributed by atoms with van der Waals surface area (Å²) in [5.74, 6) is 0.398. The van der Waals surface area contributed by atoms with Crippen molar-refractivity contribution in [1.29, 1.82) is 0 Å². The third-order valence-corrected chi connectivity index (χ3v) is 3.29. The van der Waals surface area contributed by atoms with E-state index in [1.165, 1.54) is 12.1 Å². The van der Waals surface area contributed by atoms with Crippen molar-refractivity contribution in [2.45, 2.75) is 26.9 Å². The number of halogens is 2. The second-order valence-corrected chi connectivity index (χ2v) is 6.26. The smallest absolute Gasteiger partial charge is 0.124 e. The van der Waals surface area contributed by atoms with Crippen molar-refractivity contribution in [2.24, 2.45) is 5.92 Å². The molecular weight excluding hydrogens is 321 g/mol. The molecule has 1 aromatic heterocycles. The summed E-state index contributed by atoms with van der Waals surface area (Å²) in [6.45, 7) is 6.73. The number of rotatable bonds is 6. The van der Waals surface area contributed by atoms with Crippen molar-refractivity contribution in [3.63, 3.8) is 0 Å². The molecule has 1 N–H and O–H groups in total. The van der Waals surface area contributed by atoms with Crippen molar-refractivity contribution in [1.82, 2.24) is 15.1 Å². The normalized spacial score (nSPS) is 11.2. The Morgan fingerprint density at radius 1 is 1.30 bits per heavy atom. The molecule has 3 nitrogen and oxygen atoms in total. The minimum atomic E-state index is -0.236. The molecule has 2 rings (SSSR count). The minimum Gasteiger partial charge on any atom is -0.312 e. The molecule has 0 spiro atoms. The largest absolute Gasteiger partial charge is 0.312 e. The Bertz CT molecular complexity index is 546. The minimum absolute atomic E-state index is 0.236. The number of nitrogens with zero attached hydrogens (tertiary/aromatic N) is 2. The molecule has 0 aliphatic heterocycles. The first-order valence-electron chi connectivity index (χ1n) is 6.70. The van der Waals surface area contributed by atoms with Crippen LogP contribution >= 0.6 is 15.9 Å². The Labute approximate surface area is 127 Å². The van der Waals surface area contributed by atoms with Crippen LogP contribution in [0.2, 0.25) is 0 Å². The van der Waals surface area contributed by atoms with Gasteiger partial charge in [-0.15, -0.1) is 0 Å². The topological polar surface area (TPSA) is 29.9 Å². The third-order valence-electron chi connectivity index (χ3n) is 2.84. The molecule has 0 bridgehead atoms. The van der Waals surface area contributed by atoms with Gasteiger partial charge < -0.3 is 5.32 Å². The number of benzene rings is 1. The number of nitrogens with one attached hydrogen (secondary N) is 1. The van der Waals surface area contributed by atoms with Crippen molar-refractivity contribution in [3.05, 3.63) is 52.0 Å². The quantitative estimate of drug-likeness (QED) is 0.871. The fourth-order valence-corrected chi connectivity index (χ4v) is 2.49. The predicted molar refractivity (Wildman–Crippen MR) is 82.0 cm³/mol. The van der Waals surface area contributed by atoms with Crippen LogP contribution in [0.5, 0.6) is 0 Å².